The van der Waals surface area contributed by atoms with Crippen LogP contribution in [0.25, 0.3) is 11.1 Å². The van der Waals surface area contributed by atoms with E-state index in [1.807, 2.05) is 48.7 Å². The number of rotatable bonds is 7. The van der Waals surface area contributed by atoms with Gasteiger partial charge in [0.15, 0.2) is 6.19 Å². The predicted octanol–water partition coefficient (Wildman–Crippen LogP) is 3.88. The van der Waals surface area contributed by atoms with Crippen molar-refractivity contribution in [2.45, 2.75) is 4.90 Å². The normalized spacial score (nSPS) is 10.9. The average Bonchev–Trinajstić information content (AvgIpc) is 2.75. The molecule has 28 heavy (non-hydrogen) atoms. The second-order valence-electron chi connectivity index (χ2n) is 5.69. The third-order valence-electron chi connectivity index (χ3n) is 3.74. The fraction of sp³-hybridized carbons (Fsp3) is 0.0952. The maximum absolute atomic E-state index is 8.89. The molecule has 3 N–H and O–H groups in total. The standard InChI is InChI=1S/C21H20N6S/c22-16-25-21(27-18-9-6-12-23-15-18)24-13-14-26-28-20-11-5-4-10-19(20)17-7-2-1-3-8-17/h1-12,15,26H,13-14H2,(H2,24,25,27). The number of pyridine rings is 1. The minimum Gasteiger partial charge on any atom is -0.324 e. The fourth-order valence-corrected chi connectivity index (χ4v) is 3.28. The number of aromatic nitrogens is 1. The minimum absolute atomic E-state index is 0.395. The number of nitriles is 1. The van der Waals surface area contributed by atoms with Crippen LogP contribution in [0.4, 0.5) is 5.69 Å². The molecule has 2 aromatic carbocycles. The Morgan fingerprint density at radius 1 is 1.04 bits per heavy atom. The first-order chi connectivity index (χ1) is 13.9. The smallest absolute Gasteiger partial charge is 0.209 e. The number of aliphatic imine (C=N–C) groups is 1. The third kappa shape index (κ3) is 5.84. The lowest BCUT2D eigenvalue weighted by atomic mass is 10.1. The third-order valence-corrected chi connectivity index (χ3v) is 4.66. The van der Waals surface area contributed by atoms with E-state index in [-0.39, 0.29) is 0 Å². The maximum atomic E-state index is 8.89. The molecule has 0 aliphatic carbocycles. The van der Waals surface area contributed by atoms with Gasteiger partial charge in [0.25, 0.3) is 0 Å². The summed E-state index contributed by atoms with van der Waals surface area (Å²) in [6.07, 6.45) is 5.25. The number of guanidine groups is 1. The van der Waals surface area contributed by atoms with Crippen molar-refractivity contribution in [1.82, 2.24) is 15.0 Å². The molecule has 0 amide bonds. The van der Waals surface area contributed by atoms with Gasteiger partial charge in [0.1, 0.15) is 0 Å². The summed E-state index contributed by atoms with van der Waals surface area (Å²) >= 11 is 1.58. The van der Waals surface area contributed by atoms with Crippen LogP contribution in [-0.4, -0.2) is 24.0 Å². The Balaban J connectivity index is 1.54. The Morgan fingerprint density at radius 3 is 2.64 bits per heavy atom. The largest absolute Gasteiger partial charge is 0.324 e. The zero-order chi connectivity index (χ0) is 19.4. The minimum atomic E-state index is 0.395. The number of benzene rings is 2. The summed E-state index contributed by atoms with van der Waals surface area (Å²) < 4.78 is 3.33. The van der Waals surface area contributed by atoms with Crippen LogP contribution in [0.15, 0.2) is 89.0 Å². The molecular weight excluding hydrogens is 368 g/mol. The molecule has 0 unspecified atom stereocenters. The van der Waals surface area contributed by atoms with Crippen molar-refractivity contribution in [1.29, 1.82) is 5.26 Å². The number of anilines is 1. The Labute approximate surface area is 168 Å². The van der Waals surface area contributed by atoms with E-state index in [0.29, 0.717) is 19.0 Å². The Hall–Kier alpha value is -3.34. The summed E-state index contributed by atoms with van der Waals surface area (Å²) in [5.41, 5.74) is 3.14. The lowest BCUT2D eigenvalue weighted by Gasteiger charge is -2.10. The summed E-state index contributed by atoms with van der Waals surface area (Å²) in [5.74, 6) is 0.395. The van der Waals surface area contributed by atoms with E-state index in [1.54, 1.807) is 24.3 Å². The van der Waals surface area contributed by atoms with Crippen LogP contribution in [0.5, 0.6) is 0 Å². The molecule has 0 aliphatic heterocycles. The van der Waals surface area contributed by atoms with Crippen molar-refractivity contribution < 1.29 is 0 Å². The molecule has 0 atom stereocenters. The Morgan fingerprint density at radius 2 is 1.86 bits per heavy atom. The summed E-state index contributed by atoms with van der Waals surface area (Å²) in [7, 11) is 0. The fourth-order valence-electron chi connectivity index (χ4n) is 2.49. The SMILES string of the molecule is N#CNC(=NCCNSc1ccccc1-c1ccccc1)Nc1cccnc1. The van der Waals surface area contributed by atoms with Gasteiger partial charge in [-0.2, -0.15) is 5.26 Å². The predicted molar refractivity (Wildman–Crippen MR) is 115 cm³/mol. The molecule has 1 aromatic heterocycles. The zero-order valence-electron chi connectivity index (χ0n) is 15.2. The summed E-state index contributed by atoms with van der Waals surface area (Å²) in [6.45, 7) is 1.16. The molecule has 1 heterocycles. The van der Waals surface area contributed by atoms with Crippen molar-refractivity contribution in [3.05, 3.63) is 79.1 Å². The van der Waals surface area contributed by atoms with Gasteiger partial charge in [-0.15, -0.1) is 0 Å². The monoisotopic (exact) mass is 388 g/mol. The maximum Gasteiger partial charge on any atom is 0.209 e. The lowest BCUT2D eigenvalue weighted by Crippen LogP contribution is -2.27. The van der Waals surface area contributed by atoms with E-state index in [4.69, 9.17) is 5.26 Å². The van der Waals surface area contributed by atoms with Crippen molar-refractivity contribution in [3.63, 3.8) is 0 Å². The van der Waals surface area contributed by atoms with E-state index in [9.17, 15) is 0 Å². The molecule has 0 radical (unpaired) electrons. The molecule has 0 bridgehead atoms. The summed E-state index contributed by atoms with van der Waals surface area (Å²) in [5, 5.41) is 14.5. The van der Waals surface area contributed by atoms with E-state index in [2.05, 4.69) is 49.6 Å². The van der Waals surface area contributed by atoms with Gasteiger partial charge in [0, 0.05) is 17.6 Å². The molecule has 0 fully saturated rings. The first kappa shape index (κ1) is 19.4. The Kier molecular flexibility index (Phi) is 7.44. The van der Waals surface area contributed by atoms with Gasteiger partial charge in [-0.3, -0.25) is 20.0 Å². The molecule has 140 valence electrons. The van der Waals surface area contributed by atoms with Crippen LogP contribution in [-0.2, 0) is 0 Å². The van der Waals surface area contributed by atoms with E-state index in [0.717, 1.165) is 10.6 Å². The molecule has 0 aliphatic rings. The molecular formula is C21H20N6S. The Bertz CT molecular complexity index is 938. The van der Waals surface area contributed by atoms with E-state index in [1.165, 1.54) is 11.1 Å². The highest BCUT2D eigenvalue weighted by Gasteiger charge is 2.04. The van der Waals surface area contributed by atoms with Crippen LogP contribution in [0.1, 0.15) is 0 Å². The molecule has 0 saturated heterocycles. The van der Waals surface area contributed by atoms with Crippen LogP contribution >= 0.6 is 11.9 Å². The number of nitrogens with one attached hydrogen (secondary N) is 3. The van der Waals surface area contributed by atoms with Crippen LogP contribution in [0, 0.1) is 11.5 Å². The highest BCUT2D eigenvalue weighted by atomic mass is 32.2. The quantitative estimate of drug-likeness (QED) is 0.142. The van der Waals surface area contributed by atoms with Gasteiger partial charge in [-0.25, -0.2) is 0 Å². The zero-order valence-corrected chi connectivity index (χ0v) is 16.0. The van der Waals surface area contributed by atoms with Gasteiger partial charge in [-0.1, -0.05) is 48.5 Å². The van der Waals surface area contributed by atoms with Gasteiger partial charge in [0.05, 0.1) is 18.4 Å². The topological polar surface area (TPSA) is 85.1 Å². The second kappa shape index (κ2) is 10.7. The van der Waals surface area contributed by atoms with Gasteiger partial charge < -0.3 is 5.32 Å². The highest BCUT2D eigenvalue weighted by Crippen LogP contribution is 2.29. The second-order valence-corrected chi connectivity index (χ2v) is 6.63. The highest BCUT2D eigenvalue weighted by molar-refractivity contribution is 7.97. The number of nitrogens with zero attached hydrogens (tertiary/aromatic N) is 3. The van der Waals surface area contributed by atoms with E-state index < -0.39 is 0 Å². The average molecular weight is 389 g/mol. The van der Waals surface area contributed by atoms with Gasteiger partial charge >= 0.3 is 0 Å². The summed E-state index contributed by atoms with van der Waals surface area (Å²) in [4.78, 5) is 9.57. The lowest BCUT2D eigenvalue weighted by molar-refractivity contribution is 0.910. The number of hydrogen-bond donors (Lipinski definition) is 3. The van der Waals surface area contributed by atoms with Crippen LogP contribution in [0.3, 0.4) is 0 Å². The van der Waals surface area contributed by atoms with Crippen molar-refractivity contribution in [3.8, 4) is 17.3 Å². The van der Waals surface area contributed by atoms with Crippen LogP contribution in [0.2, 0.25) is 0 Å². The van der Waals surface area contributed by atoms with Crippen LogP contribution < -0.4 is 15.4 Å². The van der Waals surface area contributed by atoms with Crippen molar-refractivity contribution in [2.24, 2.45) is 4.99 Å². The first-order valence-electron chi connectivity index (χ1n) is 8.77. The first-order valence-corrected chi connectivity index (χ1v) is 9.59. The van der Waals surface area contributed by atoms with Crippen molar-refractivity contribution in [2.75, 3.05) is 18.4 Å². The molecule has 0 saturated carbocycles. The van der Waals surface area contributed by atoms with Gasteiger partial charge in [0.2, 0.25) is 5.96 Å². The van der Waals surface area contributed by atoms with E-state index >= 15 is 0 Å². The molecule has 7 heteroatoms. The molecule has 6 nitrogen and oxygen atoms in total. The molecule has 0 spiro atoms. The number of hydrogen-bond acceptors (Lipinski definition) is 5. The van der Waals surface area contributed by atoms with Gasteiger partial charge in [-0.05, 0) is 41.3 Å². The van der Waals surface area contributed by atoms with Crippen molar-refractivity contribution >= 4 is 23.6 Å². The molecule has 3 rings (SSSR count). The molecule has 3 aromatic rings. The summed E-state index contributed by atoms with van der Waals surface area (Å²) in [6, 6.07) is 22.3.